The fraction of sp³-hybridized carbons (Fsp3) is 0.500. The Morgan fingerprint density at radius 1 is 1.24 bits per heavy atom. The third kappa shape index (κ3) is 5.42. The van der Waals surface area contributed by atoms with Crippen LogP contribution in [0, 0.1) is 0 Å². The maximum atomic E-state index is 5.81. The fourth-order valence-electron chi connectivity index (χ4n) is 1.35. The Bertz CT molecular complexity index is 341. The molecule has 0 saturated heterocycles. The first kappa shape index (κ1) is 13.6. The maximum absolute atomic E-state index is 5.81. The topological polar surface area (TPSA) is 76.5 Å². The second kappa shape index (κ2) is 6.98. The molecule has 0 heterocycles. The molecule has 0 atom stereocenters. The molecule has 0 aliphatic rings. The molecule has 0 spiro atoms. The molecule has 0 unspecified atom stereocenters. The van der Waals surface area contributed by atoms with Gasteiger partial charge in [-0.1, -0.05) is 0 Å². The Kier molecular flexibility index (Phi) is 5.59. The summed E-state index contributed by atoms with van der Waals surface area (Å²) in [4.78, 5) is 2.09. The van der Waals surface area contributed by atoms with Crippen LogP contribution in [0.2, 0.25) is 0 Å². The van der Waals surface area contributed by atoms with E-state index in [9.17, 15) is 0 Å². The van der Waals surface area contributed by atoms with Crippen LogP contribution < -0.4 is 16.8 Å². The van der Waals surface area contributed by atoms with Crippen molar-refractivity contribution >= 4 is 17.1 Å². The summed E-state index contributed by atoms with van der Waals surface area (Å²) in [6.45, 7) is 3.08. The van der Waals surface area contributed by atoms with Gasteiger partial charge in [0.05, 0.1) is 24.6 Å². The van der Waals surface area contributed by atoms with Gasteiger partial charge in [-0.3, -0.25) is 0 Å². The van der Waals surface area contributed by atoms with E-state index in [4.69, 9.17) is 16.2 Å². The molecule has 1 aromatic carbocycles. The van der Waals surface area contributed by atoms with Gasteiger partial charge in [0.1, 0.15) is 0 Å². The lowest BCUT2D eigenvalue weighted by Gasteiger charge is -2.12. The van der Waals surface area contributed by atoms with Gasteiger partial charge in [0.15, 0.2) is 0 Å². The van der Waals surface area contributed by atoms with E-state index in [1.807, 2.05) is 26.2 Å². The molecule has 0 fully saturated rings. The van der Waals surface area contributed by atoms with Crippen LogP contribution >= 0.6 is 0 Å². The van der Waals surface area contributed by atoms with Gasteiger partial charge >= 0.3 is 0 Å². The van der Waals surface area contributed by atoms with Crippen molar-refractivity contribution < 1.29 is 4.74 Å². The number of nitrogen functional groups attached to an aromatic ring is 2. The molecule has 96 valence electrons. The molecule has 1 rings (SSSR count). The molecule has 0 bridgehead atoms. The molecule has 17 heavy (non-hydrogen) atoms. The van der Waals surface area contributed by atoms with E-state index >= 15 is 0 Å². The summed E-state index contributed by atoms with van der Waals surface area (Å²) >= 11 is 0. The molecule has 0 aliphatic carbocycles. The molecule has 0 aromatic heterocycles. The van der Waals surface area contributed by atoms with Crippen LogP contribution in [0.25, 0.3) is 0 Å². The van der Waals surface area contributed by atoms with Crippen LogP contribution in [0.1, 0.15) is 0 Å². The molecular formula is C12H22N4O. The van der Waals surface area contributed by atoms with E-state index in [2.05, 4.69) is 10.2 Å². The number of nitrogens with one attached hydrogen (secondary N) is 1. The van der Waals surface area contributed by atoms with Crippen molar-refractivity contribution in [1.82, 2.24) is 4.90 Å². The third-order valence-electron chi connectivity index (χ3n) is 2.32. The highest BCUT2D eigenvalue weighted by Gasteiger charge is 1.98. The van der Waals surface area contributed by atoms with E-state index in [1.54, 1.807) is 6.07 Å². The monoisotopic (exact) mass is 238 g/mol. The van der Waals surface area contributed by atoms with Crippen LogP contribution in [0.5, 0.6) is 0 Å². The van der Waals surface area contributed by atoms with Gasteiger partial charge in [-0.15, -0.1) is 0 Å². The second-order valence-electron chi connectivity index (χ2n) is 4.19. The van der Waals surface area contributed by atoms with E-state index in [1.165, 1.54) is 0 Å². The predicted molar refractivity (Wildman–Crippen MR) is 73.1 cm³/mol. The van der Waals surface area contributed by atoms with E-state index in [0.717, 1.165) is 25.4 Å². The SMILES string of the molecule is CN(C)CCOCCNc1ccc(N)cc1N. The minimum Gasteiger partial charge on any atom is -0.399 e. The van der Waals surface area contributed by atoms with Gasteiger partial charge < -0.3 is 26.4 Å². The zero-order valence-electron chi connectivity index (χ0n) is 10.6. The molecule has 0 amide bonds. The summed E-state index contributed by atoms with van der Waals surface area (Å²) in [5.74, 6) is 0. The molecule has 5 N–H and O–H groups in total. The Balaban J connectivity index is 2.18. The first-order valence-electron chi connectivity index (χ1n) is 5.71. The van der Waals surface area contributed by atoms with Crippen molar-refractivity contribution in [3.05, 3.63) is 18.2 Å². The van der Waals surface area contributed by atoms with Crippen LogP contribution in [0.3, 0.4) is 0 Å². The predicted octanol–water partition coefficient (Wildman–Crippen LogP) is 0.841. The number of likely N-dealkylation sites (N-methyl/N-ethyl adjacent to an activating group) is 1. The van der Waals surface area contributed by atoms with Crippen molar-refractivity contribution in [2.75, 3.05) is 57.2 Å². The molecule has 0 radical (unpaired) electrons. The van der Waals surface area contributed by atoms with Gasteiger partial charge in [-0.2, -0.15) is 0 Å². The highest BCUT2D eigenvalue weighted by molar-refractivity contribution is 5.70. The summed E-state index contributed by atoms with van der Waals surface area (Å²) in [6.07, 6.45) is 0. The van der Waals surface area contributed by atoms with Crippen LogP contribution in [-0.4, -0.2) is 45.3 Å². The molecule has 1 aromatic rings. The Morgan fingerprint density at radius 2 is 2.00 bits per heavy atom. The van der Waals surface area contributed by atoms with Crippen LogP contribution in [-0.2, 0) is 4.74 Å². The van der Waals surface area contributed by atoms with Crippen molar-refractivity contribution in [3.8, 4) is 0 Å². The number of ether oxygens (including phenoxy) is 1. The molecule has 0 saturated carbocycles. The Hall–Kier alpha value is -1.46. The molecule has 5 heteroatoms. The number of nitrogens with zero attached hydrogens (tertiary/aromatic N) is 1. The highest BCUT2D eigenvalue weighted by Crippen LogP contribution is 2.20. The average Bonchev–Trinajstić information content (AvgIpc) is 2.25. The van der Waals surface area contributed by atoms with Gasteiger partial charge in [0, 0.05) is 18.8 Å². The van der Waals surface area contributed by atoms with Crippen molar-refractivity contribution in [3.63, 3.8) is 0 Å². The molecular weight excluding hydrogens is 216 g/mol. The van der Waals surface area contributed by atoms with Gasteiger partial charge in [-0.05, 0) is 32.3 Å². The van der Waals surface area contributed by atoms with Crippen molar-refractivity contribution in [2.45, 2.75) is 0 Å². The van der Waals surface area contributed by atoms with E-state index < -0.39 is 0 Å². The summed E-state index contributed by atoms with van der Waals surface area (Å²) in [5, 5.41) is 3.21. The van der Waals surface area contributed by atoms with Gasteiger partial charge in [0.2, 0.25) is 0 Å². The lowest BCUT2D eigenvalue weighted by atomic mass is 10.2. The smallest absolute Gasteiger partial charge is 0.0639 e. The highest BCUT2D eigenvalue weighted by atomic mass is 16.5. The summed E-state index contributed by atoms with van der Waals surface area (Å²) in [7, 11) is 4.05. The van der Waals surface area contributed by atoms with Crippen molar-refractivity contribution in [1.29, 1.82) is 0 Å². The number of nitrogens with two attached hydrogens (primary N) is 2. The first-order valence-corrected chi connectivity index (χ1v) is 5.71. The zero-order valence-corrected chi connectivity index (χ0v) is 10.6. The van der Waals surface area contributed by atoms with E-state index in [0.29, 0.717) is 18.0 Å². The van der Waals surface area contributed by atoms with E-state index in [-0.39, 0.29) is 0 Å². The zero-order chi connectivity index (χ0) is 12.7. The van der Waals surface area contributed by atoms with Crippen LogP contribution in [0.15, 0.2) is 18.2 Å². The number of rotatable bonds is 7. The standard InChI is InChI=1S/C12H22N4O/c1-16(2)6-8-17-7-5-15-12-4-3-10(13)9-11(12)14/h3-4,9,15H,5-8,13-14H2,1-2H3. The normalized spacial score (nSPS) is 10.8. The van der Waals surface area contributed by atoms with Crippen LogP contribution in [0.4, 0.5) is 17.1 Å². The molecule has 5 nitrogen and oxygen atoms in total. The van der Waals surface area contributed by atoms with Gasteiger partial charge in [-0.25, -0.2) is 0 Å². The summed E-state index contributed by atoms with van der Waals surface area (Å²) in [6, 6.07) is 5.45. The third-order valence-corrected chi connectivity index (χ3v) is 2.32. The minimum absolute atomic E-state index is 0.664. The summed E-state index contributed by atoms with van der Waals surface area (Å²) < 4.78 is 5.46. The lowest BCUT2D eigenvalue weighted by Crippen LogP contribution is -2.20. The first-order chi connectivity index (χ1) is 8.09. The number of hydrogen-bond donors (Lipinski definition) is 3. The average molecular weight is 238 g/mol. The number of hydrogen-bond acceptors (Lipinski definition) is 5. The van der Waals surface area contributed by atoms with Gasteiger partial charge in [0.25, 0.3) is 0 Å². The number of anilines is 3. The Labute approximate surface area is 103 Å². The fourth-order valence-corrected chi connectivity index (χ4v) is 1.35. The summed E-state index contributed by atoms with van der Waals surface area (Å²) in [5.41, 5.74) is 13.7. The second-order valence-corrected chi connectivity index (χ2v) is 4.19. The maximum Gasteiger partial charge on any atom is 0.0639 e. The largest absolute Gasteiger partial charge is 0.399 e. The lowest BCUT2D eigenvalue weighted by molar-refractivity contribution is 0.126. The quantitative estimate of drug-likeness (QED) is 0.485. The van der Waals surface area contributed by atoms with Crippen molar-refractivity contribution in [2.24, 2.45) is 0 Å². The Morgan fingerprint density at radius 3 is 2.65 bits per heavy atom. The number of benzene rings is 1. The molecule has 0 aliphatic heterocycles. The minimum atomic E-state index is 0.664.